The quantitative estimate of drug-likeness (QED) is 0.728. The summed E-state index contributed by atoms with van der Waals surface area (Å²) in [5.74, 6) is 0.809. The highest BCUT2D eigenvalue weighted by atomic mass is 16.5. The van der Waals surface area contributed by atoms with Gasteiger partial charge in [0.15, 0.2) is 0 Å². The van der Waals surface area contributed by atoms with Gasteiger partial charge in [-0.25, -0.2) is 0 Å². The van der Waals surface area contributed by atoms with E-state index in [1.54, 1.807) is 0 Å². The van der Waals surface area contributed by atoms with Crippen LogP contribution in [0.1, 0.15) is 35.0 Å². The average Bonchev–Trinajstić information content (AvgIpc) is 3.44. The van der Waals surface area contributed by atoms with Crippen LogP contribution in [0.15, 0.2) is 47.2 Å². The molecule has 1 saturated heterocycles. The molecule has 0 atom stereocenters. The van der Waals surface area contributed by atoms with Gasteiger partial charge in [-0.2, -0.15) is 0 Å². The van der Waals surface area contributed by atoms with Crippen molar-refractivity contribution in [2.75, 3.05) is 31.1 Å². The van der Waals surface area contributed by atoms with Crippen LogP contribution in [0.2, 0.25) is 0 Å². The molecule has 1 amide bonds. The molecule has 1 aliphatic carbocycles. The lowest BCUT2D eigenvalue weighted by molar-refractivity contribution is 0.0705. The number of amides is 1. The standard InChI is InChI=1S/C20H20N4O2/c25-20(19-11-17(22-26-19)14-5-6-14)24-9-7-23(8-10-24)18-13-21-12-15-3-1-2-4-16(15)18/h1-4,11-14H,5-10H2. The summed E-state index contributed by atoms with van der Waals surface area (Å²) in [5, 5.41) is 6.39. The van der Waals surface area contributed by atoms with Crippen molar-refractivity contribution < 1.29 is 9.32 Å². The molecule has 1 aliphatic heterocycles. The summed E-state index contributed by atoms with van der Waals surface area (Å²) in [6.45, 7) is 2.90. The lowest BCUT2D eigenvalue weighted by Gasteiger charge is -2.36. The van der Waals surface area contributed by atoms with Gasteiger partial charge >= 0.3 is 0 Å². The molecule has 0 radical (unpaired) electrons. The fourth-order valence-corrected chi connectivity index (χ4v) is 3.62. The molecular weight excluding hydrogens is 328 g/mol. The second kappa shape index (κ2) is 6.12. The van der Waals surface area contributed by atoms with Crippen molar-refractivity contribution in [3.63, 3.8) is 0 Å². The van der Waals surface area contributed by atoms with Crippen LogP contribution in [-0.2, 0) is 0 Å². The summed E-state index contributed by atoms with van der Waals surface area (Å²) in [5.41, 5.74) is 2.06. The number of aromatic nitrogens is 2. The average molecular weight is 348 g/mol. The zero-order valence-electron chi connectivity index (χ0n) is 14.5. The van der Waals surface area contributed by atoms with Gasteiger partial charge < -0.3 is 14.3 Å². The number of nitrogens with zero attached hydrogens (tertiary/aromatic N) is 4. The first-order valence-corrected chi connectivity index (χ1v) is 9.13. The summed E-state index contributed by atoms with van der Waals surface area (Å²) < 4.78 is 5.29. The van der Waals surface area contributed by atoms with Gasteiger partial charge in [-0.1, -0.05) is 29.4 Å². The molecule has 1 saturated carbocycles. The molecule has 0 bridgehead atoms. The maximum atomic E-state index is 12.7. The zero-order chi connectivity index (χ0) is 17.5. The lowest BCUT2D eigenvalue weighted by atomic mass is 10.1. The maximum absolute atomic E-state index is 12.7. The van der Waals surface area contributed by atoms with E-state index < -0.39 is 0 Å². The Hall–Kier alpha value is -2.89. The van der Waals surface area contributed by atoms with Crippen LogP contribution >= 0.6 is 0 Å². The van der Waals surface area contributed by atoms with Gasteiger partial charge in [0.1, 0.15) is 0 Å². The molecule has 3 heterocycles. The Morgan fingerprint density at radius 2 is 1.88 bits per heavy atom. The molecule has 0 spiro atoms. The minimum Gasteiger partial charge on any atom is -0.366 e. The first kappa shape index (κ1) is 15.4. The third-order valence-corrected chi connectivity index (χ3v) is 5.29. The van der Waals surface area contributed by atoms with Crippen molar-refractivity contribution in [1.82, 2.24) is 15.0 Å². The number of carbonyl (C=O) groups is 1. The van der Waals surface area contributed by atoms with E-state index in [-0.39, 0.29) is 5.91 Å². The minimum absolute atomic E-state index is 0.0555. The van der Waals surface area contributed by atoms with E-state index in [0.717, 1.165) is 42.7 Å². The second-order valence-electron chi connectivity index (χ2n) is 7.05. The van der Waals surface area contributed by atoms with Crippen LogP contribution in [0, 0.1) is 0 Å². The van der Waals surface area contributed by atoms with Crippen molar-refractivity contribution in [1.29, 1.82) is 0 Å². The highest BCUT2D eigenvalue weighted by molar-refractivity contribution is 5.94. The normalized spacial score (nSPS) is 17.7. The van der Waals surface area contributed by atoms with Gasteiger partial charge in [-0.05, 0) is 12.8 Å². The van der Waals surface area contributed by atoms with Crippen LogP contribution in [0.5, 0.6) is 0 Å². The van der Waals surface area contributed by atoms with Crippen molar-refractivity contribution >= 4 is 22.4 Å². The molecular formula is C20H20N4O2. The van der Waals surface area contributed by atoms with Gasteiger partial charge in [0.25, 0.3) is 5.91 Å². The molecule has 2 aromatic heterocycles. The molecule has 26 heavy (non-hydrogen) atoms. The molecule has 0 unspecified atom stereocenters. The largest absolute Gasteiger partial charge is 0.366 e. The van der Waals surface area contributed by atoms with Gasteiger partial charge in [0.2, 0.25) is 5.76 Å². The molecule has 2 fully saturated rings. The van der Waals surface area contributed by atoms with E-state index in [1.165, 1.54) is 5.39 Å². The first-order valence-electron chi connectivity index (χ1n) is 9.13. The van der Waals surface area contributed by atoms with E-state index in [1.807, 2.05) is 35.5 Å². The fraction of sp³-hybridized carbons (Fsp3) is 0.350. The molecule has 132 valence electrons. The molecule has 0 N–H and O–H groups in total. The Kier molecular flexibility index (Phi) is 3.62. The number of benzene rings is 1. The Morgan fingerprint density at radius 3 is 2.69 bits per heavy atom. The van der Waals surface area contributed by atoms with Gasteiger partial charge in [-0.3, -0.25) is 9.78 Å². The minimum atomic E-state index is -0.0555. The Morgan fingerprint density at radius 1 is 1.08 bits per heavy atom. The summed E-state index contributed by atoms with van der Waals surface area (Å²) in [6.07, 6.45) is 6.11. The van der Waals surface area contributed by atoms with Crippen LogP contribution in [-0.4, -0.2) is 47.1 Å². The van der Waals surface area contributed by atoms with Crippen LogP contribution in [0.25, 0.3) is 10.8 Å². The second-order valence-corrected chi connectivity index (χ2v) is 7.05. The molecule has 5 rings (SSSR count). The Labute approximate surface area is 151 Å². The summed E-state index contributed by atoms with van der Waals surface area (Å²) in [7, 11) is 0. The number of carbonyl (C=O) groups excluding carboxylic acids is 1. The summed E-state index contributed by atoms with van der Waals surface area (Å²) in [4.78, 5) is 21.2. The van der Waals surface area contributed by atoms with Crippen molar-refractivity contribution in [3.8, 4) is 0 Å². The Bertz CT molecular complexity index is 950. The predicted octanol–water partition coefficient (Wildman–Crippen LogP) is 3.06. The van der Waals surface area contributed by atoms with E-state index >= 15 is 0 Å². The predicted molar refractivity (Wildman–Crippen MR) is 98.3 cm³/mol. The van der Waals surface area contributed by atoms with Crippen LogP contribution in [0.4, 0.5) is 5.69 Å². The monoisotopic (exact) mass is 348 g/mol. The Balaban J connectivity index is 1.30. The number of pyridine rings is 1. The smallest absolute Gasteiger partial charge is 0.292 e. The highest BCUT2D eigenvalue weighted by Gasteiger charge is 2.30. The van der Waals surface area contributed by atoms with Crippen molar-refractivity contribution in [3.05, 3.63) is 54.2 Å². The zero-order valence-corrected chi connectivity index (χ0v) is 14.5. The lowest BCUT2D eigenvalue weighted by Crippen LogP contribution is -2.48. The van der Waals surface area contributed by atoms with Crippen molar-refractivity contribution in [2.24, 2.45) is 0 Å². The van der Waals surface area contributed by atoms with Crippen LogP contribution < -0.4 is 4.90 Å². The maximum Gasteiger partial charge on any atom is 0.292 e. The number of piperazine rings is 1. The molecule has 2 aliphatic rings. The first-order chi connectivity index (χ1) is 12.8. The van der Waals surface area contributed by atoms with Gasteiger partial charge in [0.05, 0.1) is 17.6 Å². The number of fused-ring (bicyclic) bond motifs is 1. The number of rotatable bonds is 3. The van der Waals surface area contributed by atoms with E-state index in [4.69, 9.17) is 4.52 Å². The molecule has 1 aromatic carbocycles. The third kappa shape index (κ3) is 2.71. The van der Waals surface area contributed by atoms with Gasteiger partial charge in [-0.15, -0.1) is 0 Å². The number of hydrogen-bond acceptors (Lipinski definition) is 5. The molecule has 6 nitrogen and oxygen atoms in total. The fourth-order valence-electron chi connectivity index (χ4n) is 3.62. The summed E-state index contributed by atoms with van der Waals surface area (Å²) >= 11 is 0. The van der Waals surface area contributed by atoms with Crippen LogP contribution in [0.3, 0.4) is 0 Å². The summed E-state index contributed by atoms with van der Waals surface area (Å²) in [6, 6.07) is 10.1. The topological polar surface area (TPSA) is 62.5 Å². The van der Waals surface area contributed by atoms with E-state index in [9.17, 15) is 4.79 Å². The van der Waals surface area contributed by atoms with Crippen molar-refractivity contribution in [2.45, 2.75) is 18.8 Å². The number of hydrogen-bond donors (Lipinski definition) is 0. The molecule has 3 aromatic rings. The molecule has 6 heteroatoms. The van der Waals surface area contributed by atoms with E-state index in [0.29, 0.717) is 24.8 Å². The SMILES string of the molecule is O=C(c1cc(C2CC2)no1)N1CCN(c2cncc3ccccc23)CC1. The number of anilines is 1. The van der Waals surface area contributed by atoms with E-state index in [2.05, 4.69) is 27.2 Å². The van der Waals surface area contributed by atoms with Gasteiger partial charge in [0, 0.05) is 55.1 Å². The highest BCUT2D eigenvalue weighted by Crippen LogP contribution is 2.39. The third-order valence-electron chi connectivity index (χ3n) is 5.29.